The van der Waals surface area contributed by atoms with Crippen LogP contribution in [-0.4, -0.2) is 27.7 Å². The van der Waals surface area contributed by atoms with Gasteiger partial charge >= 0.3 is 5.97 Å². The molecule has 1 aromatic heterocycles. The van der Waals surface area contributed by atoms with Crippen LogP contribution in [0.3, 0.4) is 0 Å². The molecule has 0 fully saturated rings. The fourth-order valence-corrected chi connectivity index (χ4v) is 1.74. The number of rotatable bonds is 5. The molecular formula is C15H15N3O3. The Balaban J connectivity index is 2.29. The van der Waals surface area contributed by atoms with Crippen LogP contribution in [0.4, 0.5) is 0 Å². The zero-order valence-electron chi connectivity index (χ0n) is 11.8. The molecule has 0 bridgehead atoms. The lowest BCUT2D eigenvalue weighted by Gasteiger charge is -2.10. The molecule has 0 unspecified atom stereocenters. The first-order valence-electron chi connectivity index (χ1n) is 6.47. The van der Waals surface area contributed by atoms with Gasteiger partial charge in [0.2, 0.25) is 5.82 Å². The number of hydrogen-bond acceptors (Lipinski definition) is 4. The molecular weight excluding hydrogens is 270 g/mol. The van der Waals surface area contributed by atoms with E-state index in [0.717, 1.165) is 0 Å². The Kier molecular flexibility index (Phi) is 4.24. The first kappa shape index (κ1) is 14.6. The molecule has 21 heavy (non-hydrogen) atoms. The molecule has 0 spiro atoms. The summed E-state index contributed by atoms with van der Waals surface area (Å²) in [6.07, 6.45) is 1.49. The highest BCUT2D eigenvalue weighted by atomic mass is 16.5. The maximum Gasteiger partial charge on any atom is 0.371 e. The SMILES string of the molecule is CC(C)COc1ccc(-c2c[nH]c(C(=O)O)n2)cc1C#N. The Morgan fingerprint density at radius 3 is 2.86 bits per heavy atom. The normalized spacial score (nSPS) is 10.4. The van der Waals surface area contributed by atoms with Crippen molar-refractivity contribution in [1.82, 2.24) is 9.97 Å². The van der Waals surface area contributed by atoms with Crippen LogP contribution in [0.15, 0.2) is 24.4 Å². The van der Waals surface area contributed by atoms with Crippen molar-refractivity contribution in [3.05, 3.63) is 35.8 Å². The average molecular weight is 285 g/mol. The number of hydrogen-bond donors (Lipinski definition) is 2. The summed E-state index contributed by atoms with van der Waals surface area (Å²) in [5, 5.41) is 18.0. The van der Waals surface area contributed by atoms with Crippen LogP contribution in [-0.2, 0) is 0 Å². The van der Waals surface area contributed by atoms with Gasteiger partial charge in [-0.05, 0) is 24.1 Å². The van der Waals surface area contributed by atoms with Crippen molar-refractivity contribution < 1.29 is 14.6 Å². The number of carboxylic acids is 1. The maximum absolute atomic E-state index is 10.8. The molecule has 0 aliphatic rings. The first-order valence-corrected chi connectivity index (χ1v) is 6.47. The number of benzene rings is 1. The lowest BCUT2D eigenvalue weighted by atomic mass is 10.1. The third-order valence-electron chi connectivity index (χ3n) is 2.75. The van der Waals surface area contributed by atoms with Gasteiger partial charge in [0.05, 0.1) is 17.9 Å². The summed E-state index contributed by atoms with van der Waals surface area (Å²) in [6.45, 7) is 4.58. The van der Waals surface area contributed by atoms with Crippen molar-refractivity contribution >= 4 is 5.97 Å². The number of ether oxygens (including phenoxy) is 1. The second kappa shape index (κ2) is 6.09. The van der Waals surface area contributed by atoms with Gasteiger partial charge < -0.3 is 14.8 Å². The summed E-state index contributed by atoms with van der Waals surface area (Å²) in [5.41, 5.74) is 1.53. The first-order chi connectivity index (χ1) is 10.0. The van der Waals surface area contributed by atoms with Crippen molar-refractivity contribution in [2.75, 3.05) is 6.61 Å². The predicted molar refractivity (Wildman–Crippen MR) is 76.0 cm³/mol. The van der Waals surface area contributed by atoms with Gasteiger partial charge in [-0.3, -0.25) is 0 Å². The molecule has 2 N–H and O–H groups in total. The van der Waals surface area contributed by atoms with E-state index in [9.17, 15) is 10.1 Å². The zero-order valence-corrected chi connectivity index (χ0v) is 11.8. The Hall–Kier alpha value is -2.81. The molecule has 108 valence electrons. The van der Waals surface area contributed by atoms with Crippen LogP contribution in [0, 0.1) is 17.2 Å². The molecule has 0 amide bonds. The van der Waals surface area contributed by atoms with Crippen molar-refractivity contribution in [1.29, 1.82) is 5.26 Å². The molecule has 0 aliphatic heterocycles. The van der Waals surface area contributed by atoms with E-state index in [-0.39, 0.29) is 5.82 Å². The third-order valence-corrected chi connectivity index (χ3v) is 2.75. The van der Waals surface area contributed by atoms with E-state index in [4.69, 9.17) is 9.84 Å². The number of aromatic nitrogens is 2. The van der Waals surface area contributed by atoms with Gasteiger partial charge in [-0.1, -0.05) is 13.8 Å². The smallest absolute Gasteiger partial charge is 0.371 e. The Morgan fingerprint density at radius 1 is 1.52 bits per heavy atom. The number of nitrogens with zero attached hydrogens (tertiary/aromatic N) is 2. The minimum absolute atomic E-state index is 0.136. The molecule has 0 radical (unpaired) electrons. The Morgan fingerprint density at radius 2 is 2.29 bits per heavy atom. The van der Waals surface area contributed by atoms with E-state index < -0.39 is 5.97 Å². The van der Waals surface area contributed by atoms with Gasteiger partial charge in [-0.25, -0.2) is 9.78 Å². The Bertz CT molecular complexity index is 698. The summed E-state index contributed by atoms with van der Waals surface area (Å²) in [6, 6.07) is 7.16. The van der Waals surface area contributed by atoms with Gasteiger partial charge in [0.1, 0.15) is 11.8 Å². The minimum atomic E-state index is -1.13. The monoisotopic (exact) mass is 285 g/mol. The van der Waals surface area contributed by atoms with Gasteiger partial charge in [-0.15, -0.1) is 0 Å². The van der Waals surface area contributed by atoms with Crippen LogP contribution >= 0.6 is 0 Å². The van der Waals surface area contributed by atoms with Crippen LogP contribution in [0.5, 0.6) is 5.75 Å². The average Bonchev–Trinajstić information content (AvgIpc) is 2.94. The van der Waals surface area contributed by atoms with E-state index in [1.165, 1.54) is 6.20 Å². The number of aromatic amines is 1. The lowest BCUT2D eigenvalue weighted by Crippen LogP contribution is -2.05. The molecule has 6 heteroatoms. The topological polar surface area (TPSA) is 99.0 Å². The maximum atomic E-state index is 10.8. The number of H-pyrrole nitrogens is 1. The van der Waals surface area contributed by atoms with Crippen molar-refractivity contribution in [3.8, 4) is 23.1 Å². The third kappa shape index (κ3) is 3.39. The van der Waals surface area contributed by atoms with Crippen molar-refractivity contribution in [2.24, 2.45) is 5.92 Å². The molecule has 1 heterocycles. The van der Waals surface area contributed by atoms with E-state index in [0.29, 0.717) is 35.1 Å². The number of nitriles is 1. The standard InChI is InChI=1S/C15H15N3O3/c1-9(2)8-21-13-4-3-10(5-11(13)6-16)12-7-17-14(18-12)15(19)20/h3-5,7,9H,8H2,1-2H3,(H,17,18)(H,19,20). The highest BCUT2D eigenvalue weighted by Crippen LogP contribution is 2.25. The van der Waals surface area contributed by atoms with Crippen molar-refractivity contribution in [3.63, 3.8) is 0 Å². The van der Waals surface area contributed by atoms with E-state index in [1.54, 1.807) is 18.2 Å². The number of imidazole rings is 1. The highest BCUT2D eigenvalue weighted by molar-refractivity contribution is 5.84. The number of aromatic carboxylic acids is 1. The lowest BCUT2D eigenvalue weighted by molar-refractivity contribution is 0.0685. The zero-order chi connectivity index (χ0) is 15.4. The van der Waals surface area contributed by atoms with Crippen LogP contribution < -0.4 is 4.74 Å². The van der Waals surface area contributed by atoms with Gasteiger partial charge in [-0.2, -0.15) is 5.26 Å². The van der Waals surface area contributed by atoms with E-state index >= 15 is 0 Å². The molecule has 0 saturated carbocycles. The van der Waals surface area contributed by atoms with Gasteiger partial charge in [0.25, 0.3) is 0 Å². The molecule has 0 saturated heterocycles. The van der Waals surface area contributed by atoms with Gasteiger partial charge in [0.15, 0.2) is 0 Å². The van der Waals surface area contributed by atoms with Gasteiger partial charge in [0, 0.05) is 11.8 Å². The second-order valence-electron chi connectivity index (χ2n) is 4.97. The minimum Gasteiger partial charge on any atom is -0.492 e. The highest BCUT2D eigenvalue weighted by Gasteiger charge is 2.12. The van der Waals surface area contributed by atoms with E-state index in [2.05, 4.69) is 16.0 Å². The molecule has 0 aliphatic carbocycles. The molecule has 2 rings (SSSR count). The molecule has 2 aromatic rings. The fraction of sp³-hybridized carbons (Fsp3) is 0.267. The van der Waals surface area contributed by atoms with E-state index in [1.807, 2.05) is 13.8 Å². The Labute approximate surface area is 122 Å². The molecule has 6 nitrogen and oxygen atoms in total. The van der Waals surface area contributed by atoms with Crippen LogP contribution in [0.1, 0.15) is 30.0 Å². The predicted octanol–water partition coefficient (Wildman–Crippen LogP) is 2.68. The fourth-order valence-electron chi connectivity index (χ4n) is 1.74. The molecule has 1 aromatic carbocycles. The largest absolute Gasteiger partial charge is 0.492 e. The second-order valence-corrected chi connectivity index (χ2v) is 4.97. The number of carboxylic acid groups (broad SMARTS) is 1. The van der Waals surface area contributed by atoms with Crippen LogP contribution in [0.2, 0.25) is 0 Å². The number of nitrogens with one attached hydrogen (secondary N) is 1. The summed E-state index contributed by atoms with van der Waals surface area (Å²) in [5.74, 6) is -0.382. The van der Waals surface area contributed by atoms with Crippen LogP contribution in [0.25, 0.3) is 11.3 Å². The summed E-state index contributed by atoms with van der Waals surface area (Å²) in [7, 11) is 0. The summed E-state index contributed by atoms with van der Waals surface area (Å²) in [4.78, 5) is 17.3. The quantitative estimate of drug-likeness (QED) is 0.879. The summed E-state index contributed by atoms with van der Waals surface area (Å²) >= 11 is 0. The summed E-state index contributed by atoms with van der Waals surface area (Å²) < 4.78 is 5.58. The van der Waals surface area contributed by atoms with Crippen molar-refractivity contribution in [2.45, 2.75) is 13.8 Å². The number of carbonyl (C=O) groups is 1. The molecule has 0 atom stereocenters.